The van der Waals surface area contributed by atoms with Crippen LogP contribution in [0.25, 0.3) is 10.6 Å². The van der Waals surface area contributed by atoms with Crippen molar-refractivity contribution in [1.82, 2.24) is 15.5 Å². The summed E-state index contributed by atoms with van der Waals surface area (Å²) in [5.41, 5.74) is 1.45. The van der Waals surface area contributed by atoms with Crippen molar-refractivity contribution in [3.05, 3.63) is 29.3 Å². The number of aromatic nitrogens is 2. The molecule has 3 heterocycles. The minimum absolute atomic E-state index is 0.420. The highest BCUT2D eigenvalue weighted by Gasteiger charge is 2.31. The Morgan fingerprint density at radius 3 is 3.26 bits per heavy atom. The second-order valence-corrected chi connectivity index (χ2v) is 5.83. The molecule has 19 heavy (non-hydrogen) atoms. The molecule has 1 aliphatic rings. The number of nitrogens with one attached hydrogen (secondary N) is 2. The number of hydrogen-bond donors (Lipinski definition) is 3. The monoisotopic (exact) mass is 279 g/mol. The molecule has 1 atom stereocenters. The summed E-state index contributed by atoms with van der Waals surface area (Å²) in [5.74, 6) is 0. The molecule has 102 valence electrons. The van der Waals surface area contributed by atoms with Gasteiger partial charge in [0.2, 0.25) is 0 Å². The lowest BCUT2D eigenvalue weighted by Crippen LogP contribution is -2.40. The van der Waals surface area contributed by atoms with Gasteiger partial charge in [-0.2, -0.15) is 5.10 Å². The number of ether oxygens (including phenoxy) is 1. The van der Waals surface area contributed by atoms with Crippen molar-refractivity contribution in [1.29, 1.82) is 0 Å². The molecule has 1 aliphatic heterocycles. The highest BCUT2D eigenvalue weighted by molar-refractivity contribution is 7.13. The second kappa shape index (κ2) is 5.42. The second-order valence-electron chi connectivity index (χ2n) is 4.88. The predicted molar refractivity (Wildman–Crippen MR) is 74.0 cm³/mol. The first-order chi connectivity index (χ1) is 9.27. The van der Waals surface area contributed by atoms with Gasteiger partial charge in [-0.05, 0) is 11.4 Å². The number of aromatic amines is 1. The molecule has 0 saturated carbocycles. The summed E-state index contributed by atoms with van der Waals surface area (Å²) in [5, 5.41) is 22.6. The molecule has 0 aliphatic carbocycles. The van der Waals surface area contributed by atoms with E-state index in [0.29, 0.717) is 32.7 Å². The maximum Gasteiger partial charge on any atom is 0.102 e. The zero-order valence-electron chi connectivity index (χ0n) is 10.6. The number of rotatable bonds is 5. The Morgan fingerprint density at radius 2 is 2.53 bits per heavy atom. The van der Waals surface area contributed by atoms with E-state index < -0.39 is 5.60 Å². The maximum atomic E-state index is 10.2. The lowest BCUT2D eigenvalue weighted by atomic mass is 10.0. The molecule has 3 N–H and O–H groups in total. The summed E-state index contributed by atoms with van der Waals surface area (Å²) in [7, 11) is 0. The van der Waals surface area contributed by atoms with E-state index in [1.807, 2.05) is 17.6 Å². The average molecular weight is 279 g/mol. The Kier molecular flexibility index (Phi) is 3.65. The van der Waals surface area contributed by atoms with Crippen LogP contribution in [0.15, 0.2) is 23.7 Å². The minimum atomic E-state index is -0.715. The summed E-state index contributed by atoms with van der Waals surface area (Å²) >= 11 is 1.68. The van der Waals surface area contributed by atoms with Gasteiger partial charge in [-0.15, -0.1) is 11.3 Å². The highest BCUT2D eigenvalue weighted by atomic mass is 32.1. The van der Waals surface area contributed by atoms with Gasteiger partial charge >= 0.3 is 0 Å². The summed E-state index contributed by atoms with van der Waals surface area (Å²) in [6.07, 6.45) is 2.53. The van der Waals surface area contributed by atoms with Gasteiger partial charge in [0.15, 0.2) is 0 Å². The molecule has 5 nitrogen and oxygen atoms in total. The number of thiophene rings is 1. The van der Waals surface area contributed by atoms with E-state index >= 15 is 0 Å². The topological polar surface area (TPSA) is 70.2 Å². The van der Waals surface area contributed by atoms with Crippen LogP contribution < -0.4 is 5.32 Å². The van der Waals surface area contributed by atoms with Crippen LogP contribution >= 0.6 is 11.3 Å². The molecule has 0 amide bonds. The van der Waals surface area contributed by atoms with Crippen molar-refractivity contribution in [2.75, 3.05) is 19.8 Å². The molecular formula is C13H17N3O2S. The van der Waals surface area contributed by atoms with E-state index in [9.17, 15) is 5.11 Å². The van der Waals surface area contributed by atoms with Gasteiger partial charge < -0.3 is 15.2 Å². The Labute approximate surface area is 115 Å². The standard InChI is InChI=1S/C13H17N3O2S/c17-13(3-4-18-9-13)8-14-6-10-7-15-16-12(10)11-2-1-5-19-11/h1-2,5,7,14,17H,3-4,6,8-9H2,(H,15,16). The van der Waals surface area contributed by atoms with Gasteiger partial charge in [-0.3, -0.25) is 5.10 Å². The Morgan fingerprint density at radius 1 is 1.58 bits per heavy atom. The third-order valence-corrected chi connectivity index (χ3v) is 4.22. The SMILES string of the molecule is OC1(CNCc2cn[nH]c2-c2cccs2)CCOC1. The average Bonchev–Trinajstić information content (AvgIpc) is 3.09. The fraction of sp³-hybridized carbons (Fsp3) is 0.462. The summed E-state index contributed by atoms with van der Waals surface area (Å²) in [4.78, 5) is 1.18. The summed E-state index contributed by atoms with van der Waals surface area (Å²) in [6.45, 7) is 2.29. The summed E-state index contributed by atoms with van der Waals surface area (Å²) in [6, 6.07) is 4.09. The van der Waals surface area contributed by atoms with Crippen LogP contribution in [0, 0.1) is 0 Å². The van der Waals surface area contributed by atoms with Crippen LogP contribution in [0.1, 0.15) is 12.0 Å². The molecule has 6 heteroatoms. The Balaban J connectivity index is 1.60. The van der Waals surface area contributed by atoms with Crippen LogP contribution in [-0.2, 0) is 11.3 Å². The number of nitrogens with zero attached hydrogens (tertiary/aromatic N) is 1. The fourth-order valence-electron chi connectivity index (χ4n) is 2.25. The molecule has 3 rings (SSSR count). The van der Waals surface area contributed by atoms with E-state index in [-0.39, 0.29) is 0 Å². The number of H-pyrrole nitrogens is 1. The van der Waals surface area contributed by atoms with E-state index in [0.717, 1.165) is 11.3 Å². The van der Waals surface area contributed by atoms with Crippen molar-refractivity contribution in [2.24, 2.45) is 0 Å². The minimum Gasteiger partial charge on any atom is -0.386 e. The third kappa shape index (κ3) is 2.87. The van der Waals surface area contributed by atoms with Gasteiger partial charge in [-0.1, -0.05) is 6.07 Å². The van der Waals surface area contributed by atoms with Crippen LogP contribution in [-0.4, -0.2) is 40.7 Å². The van der Waals surface area contributed by atoms with Crippen molar-refractivity contribution in [3.8, 4) is 10.6 Å². The third-order valence-electron chi connectivity index (χ3n) is 3.34. The van der Waals surface area contributed by atoms with Crippen molar-refractivity contribution in [3.63, 3.8) is 0 Å². The van der Waals surface area contributed by atoms with Crippen molar-refractivity contribution < 1.29 is 9.84 Å². The van der Waals surface area contributed by atoms with E-state index in [2.05, 4.69) is 21.6 Å². The first kappa shape index (κ1) is 12.8. The van der Waals surface area contributed by atoms with Gasteiger partial charge in [0.1, 0.15) is 5.60 Å². The summed E-state index contributed by atoms with van der Waals surface area (Å²) < 4.78 is 5.22. The normalized spacial score (nSPS) is 23.0. The van der Waals surface area contributed by atoms with E-state index in [1.165, 1.54) is 4.88 Å². The molecule has 1 unspecified atom stereocenters. The molecular weight excluding hydrogens is 262 g/mol. The maximum absolute atomic E-state index is 10.2. The van der Waals surface area contributed by atoms with Crippen LogP contribution in [0.3, 0.4) is 0 Å². The molecule has 0 bridgehead atoms. The lowest BCUT2D eigenvalue weighted by molar-refractivity contribution is 0.0268. The number of hydrogen-bond acceptors (Lipinski definition) is 5. The molecule has 2 aromatic heterocycles. The van der Waals surface area contributed by atoms with E-state index in [4.69, 9.17) is 4.74 Å². The molecule has 2 aromatic rings. The van der Waals surface area contributed by atoms with Crippen molar-refractivity contribution >= 4 is 11.3 Å². The number of aliphatic hydroxyl groups is 1. The van der Waals surface area contributed by atoms with Gasteiger partial charge in [0, 0.05) is 31.7 Å². The van der Waals surface area contributed by atoms with Crippen LogP contribution in [0.2, 0.25) is 0 Å². The van der Waals surface area contributed by atoms with Crippen LogP contribution in [0.5, 0.6) is 0 Å². The highest BCUT2D eigenvalue weighted by Crippen LogP contribution is 2.25. The van der Waals surface area contributed by atoms with Crippen LogP contribution in [0.4, 0.5) is 0 Å². The van der Waals surface area contributed by atoms with Gasteiger partial charge in [0.25, 0.3) is 0 Å². The van der Waals surface area contributed by atoms with Gasteiger partial charge in [-0.25, -0.2) is 0 Å². The zero-order valence-corrected chi connectivity index (χ0v) is 11.4. The molecule has 1 saturated heterocycles. The largest absolute Gasteiger partial charge is 0.386 e. The Bertz CT molecular complexity index is 518. The van der Waals surface area contributed by atoms with E-state index in [1.54, 1.807) is 11.3 Å². The van der Waals surface area contributed by atoms with Crippen molar-refractivity contribution in [2.45, 2.75) is 18.6 Å². The fourth-order valence-corrected chi connectivity index (χ4v) is 3.00. The molecule has 0 spiro atoms. The molecule has 1 fully saturated rings. The first-order valence-corrected chi connectivity index (χ1v) is 7.22. The molecule has 0 radical (unpaired) electrons. The quantitative estimate of drug-likeness (QED) is 0.773. The van der Waals surface area contributed by atoms with Gasteiger partial charge in [0.05, 0.1) is 23.4 Å². The molecule has 0 aromatic carbocycles. The smallest absolute Gasteiger partial charge is 0.102 e. The lowest BCUT2D eigenvalue weighted by Gasteiger charge is -2.20. The Hall–Kier alpha value is -1.21. The zero-order chi connectivity index (χ0) is 13.1. The first-order valence-electron chi connectivity index (χ1n) is 6.34. The predicted octanol–water partition coefficient (Wildman–Crippen LogP) is 1.38.